The Morgan fingerprint density at radius 3 is 2.40 bits per heavy atom. The van der Waals surface area contributed by atoms with Gasteiger partial charge in [0.25, 0.3) is 0 Å². The predicted molar refractivity (Wildman–Crippen MR) is 87.2 cm³/mol. The summed E-state index contributed by atoms with van der Waals surface area (Å²) in [7, 11) is 1.81. The highest BCUT2D eigenvalue weighted by atomic mass is 16.5. The summed E-state index contributed by atoms with van der Waals surface area (Å²) in [5, 5.41) is 3.85. The third kappa shape index (κ3) is 4.44. The summed E-state index contributed by atoms with van der Waals surface area (Å²) in [6.45, 7) is 14.0. The van der Waals surface area contributed by atoms with E-state index in [0.717, 1.165) is 19.6 Å². The van der Waals surface area contributed by atoms with Crippen molar-refractivity contribution in [2.24, 2.45) is 5.92 Å². The van der Waals surface area contributed by atoms with Crippen molar-refractivity contribution in [3.05, 3.63) is 0 Å². The first-order valence-corrected chi connectivity index (χ1v) is 8.57. The lowest BCUT2D eigenvalue weighted by Gasteiger charge is -2.47. The van der Waals surface area contributed by atoms with Crippen LogP contribution in [-0.2, 0) is 4.74 Å². The molecular formula is C17H36N2O. The number of hydrogen-bond acceptors (Lipinski definition) is 3. The molecule has 0 aromatic carbocycles. The minimum absolute atomic E-state index is 0.277. The van der Waals surface area contributed by atoms with E-state index in [9.17, 15) is 0 Å². The van der Waals surface area contributed by atoms with Crippen molar-refractivity contribution in [3.63, 3.8) is 0 Å². The van der Waals surface area contributed by atoms with Crippen molar-refractivity contribution < 1.29 is 4.74 Å². The molecule has 3 unspecified atom stereocenters. The van der Waals surface area contributed by atoms with Crippen molar-refractivity contribution in [1.29, 1.82) is 0 Å². The molecule has 0 aliphatic carbocycles. The Bertz CT molecular complexity index is 253. The zero-order chi connectivity index (χ0) is 15.0. The van der Waals surface area contributed by atoms with E-state index in [2.05, 4.69) is 37.9 Å². The van der Waals surface area contributed by atoms with Gasteiger partial charge in [0.15, 0.2) is 0 Å². The number of hydrogen-bond donors (Lipinski definition) is 1. The molecule has 1 N–H and O–H groups in total. The summed E-state index contributed by atoms with van der Waals surface area (Å²) in [5.74, 6) is 0.645. The van der Waals surface area contributed by atoms with Crippen LogP contribution in [0.4, 0.5) is 0 Å². The van der Waals surface area contributed by atoms with Crippen molar-refractivity contribution in [2.45, 2.75) is 71.4 Å². The van der Waals surface area contributed by atoms with E-state index in [4.69, 9.17) is 4.74 Å². The summed E-state index contributed by atoms with van der Waals surface area (Å²) in [6.07, 6.45) is 6.28. The molecule has 1 saturated heterocycles. The molecule has 0 bridgehead atoms. The standard InChI is InChI=1S/C17H36N2O/c1-6-11-18-16(15(3)10-14-20-5)17(4,7-2)19-12-8-9-13-19/h15-16,18H,6-14H2,1-5H3. The number of likely N-dealkylation sites (tertiary alicyclic amines) is 1. The molecule has 1 fully saturated rings. The maximum absolute atomic E-state index is 5.30. The summed E-state index contributed by atoms with van der Waals surface area (Å²) in [4.78, 5) is 2.73. The molecule has 1 heterocycles. The Kier molecular flexibility index (Phi) is 8.08. The Morgan fingerprint density at radius 1 is 1.25 bits per heavy atom. The Morgan fingerprint density at radius 2 is 1.90 bits per heavy atom. The highest BCUT2D eigenvalue weighted by Gasteiger charge is 2.41. The fraction of sp³-hybridized carbons (Fsp3) is 1.00. The predicted octanol–water partition coefficient (Wildman–Crippen LogP) is 3.29. The topological polar surface area (TPSA) is 24.5 Å². The van der Waals surface area contributed by atoms with E-state index in [1.807, 2.05) is 0 Å². The van der Waals surface area contributed by atoms with Crippen molar-refractivity contribution in [2.75, 3.05) is 33.4 Å². The zero-order valence-electron chi connectivity index (χ0n) is 14.4. The van der Waals surface area contributed by atoms with E-state index in [-0.39, 0.29) is 5.54 Å². The van der Waals surface area contributed by atoms with E-state index in [1.54, 1.807) is 7.11 Å². The number of nitrogens with zero attached hydrogens (tertiary/aromatic N) is 1. The van der Waals surface area contributed by atoms with Crippen LogP contribution in [0.25, 0.3) is 0 Å². The highest BCUT2D eigenvalue weighted by molar-refractivity contribution is 4.99. The Hall–Kier alpha value is -0.120. The van der Waals surface area contributed by atoms with Gasteiger partial charge in [0.2, 0.25) is 0 Å². The molecule has 1 aliphatic heterocycles. The third-order valence-electron chi connectivity index (χ3n) is 5.17. The largest absolute Gasteiger partial charge is 0.385 e. The molecule has 20 heavy (non-hydrogen) atoms. The summed E-state index contributed by atoms with van der Waals surface area (Å²) in [6, 6.07) is 0.556. The molecule has 0 saturated carbocycles. The third-order valence-corrected chi connectivity index (χ3v) is 5.17. The van der Waals surface area contributed by atoms with Gasteiger partial charge in [-0.05, 0) is 64.6 Å². The summed E-state index contributed by atoms with van der Waals surface area (Å²) in [5.41, 5.74) is 0.277. The van der Waals surface area contributed by atoms with Crippen molar-refractivity contribution >= 4 is 0 Å². The highest BCUT2D eigenvalue weighted by Crippen LogP contribution is 2.32. The molecule has 0 aromatic heterocycles. The molecule has 0 amide bonds. The average molecular weight is 284 g/mol. The quantitative estimate of drug-likeness (QED) is 0.666. The zero-order valence-corrected chi connectivity index (χ0v) is 14.4. The van der Waals surface area contributed by atoms with Gasteiger partial charge in [-0.15, -0.1) is 0 Å². The minimum atomic E-state index is 0.277. The van der Waals surface area contributed by atoms with Gasteiger partial charge in [-0.25, -0.2) is 0 Å². The fourth-order valence-electron chi connectivity index (χ4n) is 3.67. The van der Waals surface area contributed by atoms with Crippen LogP contribution in [0.3, 0.4) is 0 Å². The lowest BCUT2D eigenvalue weighted by molar-refractivity contribution is 0.0514. The van der Waals surface area contributed by atoms with Gasteiger partial charge in [-0.2, -0.15) is 0 Å². The van der Waals surface area contributed by atoms with Crippen LogP contribution in [0.5, 0.6) is 0 Å². The van der Waals surface area contributed by atoms with Gasteiger partial charge in [-0.1, -0.05) is 20.8 Å². The SMILES string of the molecule is CCCNC(C(C)CCOC)C(C)(CC)N1CCCC1. The second kappa shape index (κ2) is 9.01. The Labute approximate surface area is 126 Å². The van der Waals surface area contributed by atoms with E-state index in [1.165, 1.54) is 38.8 Å². The molecule has 1 rings (SSSR count). The summed E-state index contributed by atoms with van der Waals surface area (Å²) >= 11 is 0. The van der Waals surface area contributed by atoms with E-state index >= 15 is 0 Å². The summed E-state index contributed by atoms with van der Waals surface area (Å²) < 4.78 is 5.30. The lowest BCUT2D eigenvalue weighted by Crippen LogP contribution is -2.61. The molecule has 3 nitrogen and oxygen atoms in total. The smallest absolute Gasteiger partial charge is 0.0465 e. The fourth-order valence-corrected chi connectivity index (χ4v) is 3.67. The van der Waals surface area contributed by atoms with Crippen LogP contribution < -0.4 is 5.32 Å². The second-order valence-corrected chi connectivity index (χ2v) is 6.60. The first kappa shape index (κ1) is 17.9. The van der Waals surface area contributed by atoms with Crippen LogP contribution in [0.1, 0.15) is 59.8 Å². The van der Waals surface area contributed by atoms with Crippen LogP contribution in [-0.4, -0.2) is 49.8 Å². The maximum Gasteiger partial charge on any atom is 0.0465 e. The monoisotopic (exact) mass is 284 g/mol. The molecule has 120 valence electrons. The van der Waals surface area contributed by atoms with Gasteiger partial charge in [0.05, 0.1) is 0 Å². The van der Waals surface area contributed by atoms with Crippen LogP contribution in [0, 0.1) is 5.92 Å². The van der Waals surface area contributed by atoms with Crippen LogP contribution in [0.15, 0.2) is 0 Å². The van der Waals surface area contributed by atoms with Gasteiger partial charge >= 0.3 is 0 Å². The number of methoxy groups -OCH3 is 1. The number of nitrogens with one attached hydrogen (secondary N) is 1. The van der Waals surface area contributed by atoms with Crippen LogP contribution in [0.2, 0.25) is 0 Å². The first-order valence-electron chi connectivity index (χ1n) is 8.57. The van der Waals surface area contributed by atoms with Gasteiger partial charge in [0, 0.05) is 25.3 Å². The normalized spacial score (nSPS) is 22.6. The first-order chi connectivity index (χ1) is 9.60. The second-order valence-electron chi connectivity index (χ2n) is 6.60. The van der Waals surface area contributed by atoms with E-state index < -0.39 is 0 Å². The number of ether oxygens (including phenoxy) is 1. The van der Waals surface area contributed by atoms with Crippen molar-refractivity contribution in [1.82, 2.24) is 10.2 Å². The molecular weight excluding hydrogens is 248 g/mol. The molecule has 0 radical (unpaired) electrons. The Balaban J connectivity index is 2.80. The molecule has 3 atom stereocenters. The van der Waals surface area contributed by atoms with Crippen molar-refractivity contribution in [3.8, 4) is 0 Å². The maximum atomic E-state index is 5.30. The molecule has 0 aromatic rings. The van der Waals surface area contributed by atoms with E-state index in [0.29, 0.717) is 12.0 Å². The van der Waals surface area contributed by atoms with Crippen LogP contribution >= 0.6 is 0 Å². The average Bonchev–Trinajstić information content (AvgIpc) is 2.99. The van der Waals surface area contributed by atoms with Gasteiger partial charge < -0.3 is 10.1 Å². The van der Waals surface area contributed by atoms with Gasteiger partial charge in [0.1, 0.15) is 0 Å². The number of rotatable bonds is 10. The molecule has 3 heteroatoms. The molecule has 1 aliphatic rings. The molecule has 0 spiro atoms. The lowest BCUT2D eigenvalue weighted by atomic mass is 9.79. The van der Waals surface area contributed by atoms with Gasteiger partial charge in [-0.3, -0.25) is 4.90 Å². The minimum Gasteiger partial charge on any atom is -0.385 e.